The minimum atomic E-state index is -1.17. The maximum absolute atomic E-state index is 10.4. The molecule has 9 nitrogen and oxygen atoms in total. The van der Waals surface area contributed by atoms with E-state index >= 15 is 0 Å². The van der Waals surface area contributed by atoms with Gasteiger partial charge in [0.2, 0.25) is 0 Å². The Labute approximate surface area is 128 Å². The molecule has 2 aromatic rings. The summed E-state index contributed by atoms with van der Waals surface area (Å²) in [5, 5.41) is 31.3. The first kappa shape index (κ1) is 17.4. The fourth-order valence-electron chi connectivity index (χ4n) is 1.42. The molecular formula is C14H10N2O7. The Morgan fingerprint density at radius 2 is 1.43 bits per heavy atom. The van der Waals surface area contributed by atoms with E-state index in [0.29, 0.717) is 11.8 Å². The lowest BCUT2D eigenvalue weighted by atomic mass is 10.2. The minimum Gasteiger partial charge on any atom is -0.506 e. The zero-order valence-corrected chi connectivity index (χ0v) is 11.4. The molecule has 0 aromatic heterocycles. The van der Waals surface area contributed by atoms with Gasteiger partial charge in [0.1, 0.15) is 29.2 Å². The minimum absolute atomic E-state index is 0.0811. The first-order valence-electron chi connectivity index (χ1n) is 5.94. The normalized spacial score (nSPS) is 9.22. The van der Waals surface area contributed by atoms with Gasteiger partial charge in [0.25, 0.3) is 0 Å². The van der Waals surface area contributed by atoms with Crippen LogP contribution in [0.2, 0.25) is 0 Å². The highest BCUT2D eigenvalue weighted by atomic mass is 16.4. The average Bonchev–Trinajstić information content (AvgIpc) is 2.56. The van der Waals surface area contributed by atoms with Gasteiger partial charge in [0.05, 0.1) is 5.56 Å². The summed E-state index contributed by atoms with van der Waals surface area (Å²) in [6.07, 6.45) is 0.577. The number of hydrogen-bond acceptors (Lipinski definition) is 8. The number of nitrogens with zero attached hydrogens (tertiary/aromatic N) is 2. The SMILES string of the molecule is O=Cc1ccc(O)c(N=O)c1.O=Nc1cc(C(=O)O)ccc1O. The molecular weight excluding hydrogens is 308 g/mol. The second-order valence-corrected chi connectivity index (χ2v) is 4.06. The van der Waals surface area contributed by atoms with E-state index in [9.17, 15) is 19.4 Å². The predicted molar refractivity (Wildman–Crippen MR) is 79.5 cm³/mol. The molecule has 0 radical (unpaired) electrons. The van der Waals surface area contributed by atoms with Crippen LogP contribution in [0.1, 0.15) is 20.7 Å². The van der Waals surface area contributed by atoms with E-state index < -0.39 is 5.97 Å². The number of phenols is 2. The average molecular weight is 318 g/mol. The largest absolute Gasteiger partial charge is 0.506 e. The van der Waals surface area contributed by atoms with Crippen molar-refractivity contribution < 1.29 is 24.9 Å². The molecule has 0 saturated heterocycles. The van der Waals surface area contributed by atoms with Crippen molar-refractivity contribution in [2.75, 3.05) is 0 Å². The molecule has 0 unspecified atom stereocenters. The summed E-state index contributed by atoms with van der Waals surface area (Å²) in [5.74, 6) is -1.71. The van der Waals surface area contributed by atoms with Crippen LogP contribution in [-0.2, 0) is 0 Å². The zero-order valence-electron chi connectivity index (χ0n) is 11.4. The second kappa shape index (κ2) is 7.98. The lowest BCUT2D eigenvalue weighted by Gasteiger charge is -1.96. The summed E-state index contributed by atoms with van der Waals surface area (Å²) in [6.45, 7) is 0. The molecule has 2 aromatic carbocycles. The van der Waals surface area contributed by atoms with Crippen molar-refractivity contribution in [3.63, 3.8) is 0 Å². The van der Waals surface area contributed by atoms with Gasteiger partial charge in [-0.1, -0.05) is 0 Å². The van der Waals surface area contributed by atoms with E-state index in [1.165, 1.54) is 24.3 Å². The molecule has 0 heterocycles. The molecule has 3 N–H and O–H groups in total. The first-order valence-corrected chi connectivity index (χ1v) is 5.94. The number of benzene rings is 2. The van der Waals surface area contributed by atoms with Crippen molar-refractivity contribution in [1.82, 2.24) is 0 Å². The fraction of sp³-hybridized carbons (Fsp3) is 0. The number of hydrogen-bond donors (Lipinski definition) is 3. The maximum Gasteiger partial charge on any atom is 0.335 e. The van der Waals surface area contributed by atoms with Gasteiger partial charge in [-0.2, -0.15) is 0 Å². The van der Waals surface area contributed by atoms with Gasteiger partial charge in [0, 0.05) is 5.56 Å². The maximum atomic E-state index is 10.4. The summed E-state index contributed by atoms with van der Waals surface area (Å²) < 4.78 is 0. The van der Waals surface area contributed by atoms with Crippen LogP contribution >= 0.6 is 0 Å². The van der Waals surface area contributed by atoms with E-state index in [1.807, 2.05) is 0 Å². The molecule has 2 rings (SSSR count). The van der Waals surface area contributed by atoms with Gasteiger partial charge < -0.3 is 15.3 Å². The van der Waals surface area contributed by atoms with Crippen molar-refractivity contribution in [2.45, 2.75) is 0 Å². The summed E-state index contributed by atoms with van der Waals surface area (Å²) in [6, 6.07) is 7.17. The molecule has 9 heteroatoms. The Morgan fingerprint density at radius 1 is 0.913 bits per heavy atom. The van der Waals surface area contributed by atoms with Crippen LogP contribution in [0.5, 0.6) is 11.5 Å². The van der Waals surface area contributed by atoms with Crippen molar-refractivity contribution in [3.8, 4) is 11.5 Å². The van der Waals surface area contributed by atoms with Crippen molar-refractivity contribution in [2.24, 2.45) is 10.4 Å². The number of carbonyl (C=O) groups excluding carboxylic acids is 1. The summed E-state index contributed by atoms with van der Waals surface area (Å²) >= 11 is 0. The van der Waals surface area contributed by atoms with Crippen LogP contribution in [0, 0.1) is 9.81 Å². The molecule has 0 fully saturated rings. The quantitative estimate of drug-likeness (QED) is 0.578. The van der Waals surface area contributed by atoms with Gasteiger partial charge in [-0.15, -0.1) is 9.81 Å². The number of carboxylic acid groups (broad SMARTS) is 1. The van der Waals surface area contributed by atoms with E-state index in [4.69, 9.17) is 15.3 Å². The van der Waals surface area contributed by atoms with Crippen LogP contribution in [0.3, 0.4) is 0 Å². The number of aromatic hydroxyl groups is 2. The van der Waals surface area contributed by atoms with E-state index in [0.717, 1.165) is 12.1 Å². The highest BCUT2D eigenvalue weighted by Gasteiger charge is 2.07. The molecule has 0 atom stereocenters. The molecule has 0 aliphatic rings. The Hall–Kier alpha value is -3.62. The molecule has 23 heavy (non-hydrogen) atoms. The Kier molecular flexibility index (Phi) is 6.05. The van der Waals surface area contributed by atoms with Crippen LogP contribution in [0.15, 0.2) is 46.8 Å². The summed E-state index contributed by atoms with van der Waals surface area (Å²) in [4.78, 5) is 40.5. The third-order valence-corrected chi connectivity index (χ3v) is 2.55. The zero-order chi connectivity index (χ0) is 17.4. The summed E-state index contributed by atoms with van der Waals surface area (Å²) in [7, 11) is 0. The third-order valence-electron chi connectivity index (χ3n) is 2.55. The second-order valence-electron chi connectivity index (χ2n) is 4.06. The van der Waals surface area contributed by atoms with Gasteiger partial charge in [-0.25, -0.2) is 4.79 Å². The fourth-order valence-corrected chi connectivity index (χ4v) is 1.42. The van der Waals surface area contributed by atoms with Crippen LogP contribution in [0.4, 0.5) is 11.4 Å². The number of nitroso groups, excluding NO2 is 2. The lowest BCUT2D eigenvalue weighted by molar-refractivity contribution is 0.0696. The van der Waals surface area contributed by atoms with Crippen LogP contribution < -0.4 is 0 Å². The number of carbonyl (C=O) groups is 2. The molecule has 0 spiro atoms. The Bertz CT molecular complexity index is 759. The Morgan fingerprint density at radius 3 is 1.91 bits per heavy atom. The standard InChI is InChI=1S/C7H5NO4.C7H5NO3/c9-6-2-1-4(7(10)11)3-5(6)8-12;9-4-5-1-2-7(10)6(3-5)8-11/h1-3,9H,(H,10,11);1-4,10H. The molecule has 118 valence electrons. The predicted octanol–water partition coefficient (Wildman–Crippen LogP) is 3.09. The molecule has 0 aliphatic heterocycles. The molecule has 0 amide bonds. The molecule has 0 saturated carbocycles. The number of aldehydes is 1. The number of phenolic OH excluding ortho intramolecular Hbond substituents is 2. The van der Waals surface area contributed by atoms with E-state index in [1.54, 1.807) is 0 Å². The highest BCUT2D eigenvalue weighted by molar-refractivity contribution is 5.89. The van der Waals surface area contributed by atoms with Crippen LogP contribution in [0.25, 0.3) is 0 Å². The lowest BCUT2D eigenvalue weighted by Crippen LogP contribution is -1.94. The topological polar surface area (TPSA) is 154 Å². The van der Waals surface area contributed by atoms with E-state index in [2.05, 4.69) is 10.4 Å². The molecule has 0 bridgehead atoms. The summed E-state index contributed by atoms with van der Waals surface area (Å²) in [5.41, 5.74) is -0.149. The number of carboxylic acids is 1. The molecule has 0 aliphatic carbocycles. The van der Waals surface area contributed by atoms with Gasteiger partial charge in [-0.3, -0.25) is 4.79 Å². The third kappa shape index (κ3) is 4.70. The van der Waals surface area contributed by atoms with Crippen molar-refractivity contribution in [1.29, 1.82) is 0 Å². The first-order chi connectivity index (χ1) is 10.9. The van der Waals surface area contributed by atoms with Crippen molar-refractivity contribution in [3.05, 3.63) is 57.3 Å². The number of aromatic carboxylic acids is 1. The highest BCUT2D eigenvalue weighted by Crippen LogP contribution is 2.27. The van der Waals surface area contributed by atoms with E-state index in [-0.39, 0.29) is 28.4 Å². The smallest absolute Gasteiger partial charge is 0.335 e. The van der Waals surface area contributed by atoms with Crippen molar-refractivity contribution >= 4 is 23.6 Å². The van der Waals surface area contributed by atoms with Gasteiger partial charge in [-0.05, 0) is 46.8 Å². The Balaban J connectivity index is 0.000000231. The van der Waals surface area contributed by atoms with Gasteiger partial charge >= 0.3 is 5.97 Å². The number of rotatable bonds is 4. The van der Waals surface area contributed by atoms with Gasteiger partial charge in [0.15, 0.2) is 0 Å². The monoisotopic (exact) mass is 318 g/mol. The van der Waals surface area contributed by atoms with Crippen LogP contribution in [-0.4, -0.2) is 27.6 Å².